The Morgan fingerprint density at radius 3 is 2.35 bits per heavy atom. The maximum absolute atomic E-state index is 12.0. The zero-order valence-electron chi connectivity index (χ0n) is 15.3. The van der Waals surface area contributed by atoms with Gasteiger partial charge in [-0.2, -0.15) is 0 Å². The third kappa shape index (κ3) is 7.68. The zero-order chi connectivity index (χ0) is 17.5. The molecule has 0 aromatic carbocycles. The molecular weight excluding hydrogens is 294 g/mol. The van der Waals surface area contributed by atoms with E-state index in [1.54, 1.807) is 0 Å². The maximum atomic E-state index is 12.0. The Bertz CT molecular complexity index is 385. The Hall–Kier alpha value is -1.30. The van der Waals surface area contributed by atoms with Crippen molar-refractivity contribution in [1.29, 1.82) is 0 Å². The van der Waals surface area contributed by atoms with Crippen molar-refractivity contribution in [1.82, 2.24) is 15.5 Å². The van der Waals surface area contributed by atoms with Crippen LogP contribution in [0.4, 0.5) is 4.79 Å². The van der Waals surface area contributed by atoms with Gasteiger partial charge < -0.3 is 15.4 Å². The second-order valence-corrected chi connectivity index (χ2v) is 7.33. The number of likely N-dealkylation sites (tertiary alicyclic amines) is 1. The minimum Gasteiger partial charge on any atom is -0.444 e. The van der Waals surface area contributed by atoms with Crippen LogP contribution < -0.4 is 10.6 Å². The van der Waals surface area contributed by atoms with E-state index in [9.17, 15) is 9.59 Å². The molecule has 2 amide bonds. The lowest BCUT2D eigenvalue weighted by molar-refractivity contribution is -0.126. The number of hydrogen-bond donors (Lipinski definition) is 2. The second kappa shape index (κ2) is 9.11. The number of nitrogens with one attached hydrogen (secondary N) is 2. The molecule has 1 rings (SSSR count). The van der Waals surface area contributed by atoms with Crippen LogP contribution in [0.15, 0.2) is 0 Å². The molecule has 0 saturated carbocycles. The normalized spacial score (nSPS) is 18.3. The van der Waals surface area contributed by atoms with Crippen LogP contribution in [0.5, 0.6) is 0 Å². The van der Waals surface area contributed by atoms with Crippen LogP contribution in [-0.2, 0) is 9.53 Å². The van der Waals surface area contributed by atoms with Gasteiger partial charge in [-0.3, -0.25) is 9.69 Å². The number of amides is 2. The van der Waals surface area contributed by atoms with E-state index in [-0.39, 0.29) is 18.0 Å². The fourth-order valence-corrected chi connectivity index (χ4v) is 2.65. The SMILES string of the molecule is CCCNC(=O)C(C)N1CCC(CNC(=O)OC(C)(C)C)CC1. The van der Waals surface area contributed by atoms with Gasteiger partial charge in [-0.25, -0.2) is 4.79 Å². The van der Waals surface area contributed by atoms with E-state index in [1.165, 1.54) is 0 Å². The van der Waals surface area contributed by atoms with E-state index in [0.717, 1.165) is 38.9 Å². The number of rotatable bonds is 6. The molecular formula is C17H33N3O3. The quantitative estimate of drug-likeness (QED) is 0.784. The molecule has 2 N–H and O–H groups in total. The third-order valence-corrected chi connectivity index (χ3v) is 4.06. The van der Waals surface area contributed by atoms with Crippen molar-refractivity contribution < 1.29 is 14.3 Å². The summed E-state index contributed by atoms with van der Waals surface area (Å²) >= 11 is 0. The summed E-state index contributed by atoms with van der Waals surface area (Å²) in [7, 11) is 0. The van der Waals surface area contributed by atoms with Gasteiger partial charge in [-0.1, -0.05) is 6.92 Å². The lowest BCUT2D eigenvalue weighted by Gasteiger charge is -2.35. The minimum atomic E-state index is -0.464. The fourth-order valence-electron chi connectivity index (χ4n) is 2.65. The molecule has 1 fully saturated rings. The van der Waals surface area contributed by atoms with Gasteiger partial charge in [0, 0.05) is 13.1 Å². The Balaban J connectivity index is 2.27. The first-order chi connectivity index (χ1) is 10.7. The van der Waals surface area contributed by atoms with Crippen LogP contribution in [0, 0.1) is 5.92 Å². The third-order valence-electron chi connectivity index (χ3n) is 4.06. The first kappa shape index (κ1) is 19.7. The lowest BCUT2D eigenvalue weighted by Crippen LogP contribution is -2.49. The first-order valence-corrected chi connectivity index (χ1v) is 8.71. The van der Waals surface area contributed by atoms with E-state index in [0.29, 0.717) is 12.5 Å². The molecule has 134 valence electrons. The van der Waals surface area contributed by atoms with Crippen LogP contribution in [0.3, 0.4) is 0 Å². The molecule has 1 aliphatic heterocycles. The number of carbonyl (C=O) groups is 2. The summed E-state index contributed by atoms with van der Waals surface area (Å²) in [4.78, 5) is 25.9. The van der Waals surface area contributed by atoms with Crippen LogP contribution in [0.1, 0.15) is 53.9 Å². The number of alkyl carbamates (subject to hydrolysis) is 1. The van der Waals surface area contributed by atoms with E-state index in [2.05, 4.69) is 15.5 Å². The molecule has 0 aromatic rings. The average molecular weight is 327 g/mol. The van der Waals surface area contributed by atoms with Gasteiger partial charge in [0.05, 0.1) is 6.04 Å². The van der Waals surface area contributed by atoms with Gasteiger partial charge in [-0.15, -0.1) is 0 Å². The molecule has 0 bridgehead atoms. The highest BCUT2D eigenvalue weighted by atomic mass is 16.6. The molecule has 1 unspecified atom stereocenters. The summed E-state index contributed by atoms with van der Waals surface area (Å²) in [6, 6.07) is -0.0821. The number of carbonyl (C=O) groups excluding carboxylic acids is 2. The second-order valence-electron chi connectivity index (χ2n) is 7.33. The summed E-state index contributed by atoms with van der Waals surface area (Å²) in [6.07, 6.45) is 2.58. The highest BCUT2D eigenvalue weighted by molar-refractivity contribution is 5.81. The van der Waals surface area contributed by atoms with Gasteiger partial charge in [0.15, 0.2) is 0 Å². The molecule has 1 aliphatic rings. The Morgan fingerprint density at radius 1 is 1.22 bits per heavy atom. The molecule has 0 aliphatic carbocycles. The summed E-state index contributed by atoms with van der Waals surface area (Å²) in [5, 5.41) is 5.79. The van der Waals surface area contributed by atoms with Crippen molar-refractivity contribution in [2.45, 2.75) is 65.5 Å². The largest absolute Gasteiger partial charge is 0.444 e. The summed E-state index contributed by atoms with van der Waals surface area (Å²) in [5.41, 5.74) is -0.464. The average Bonchev–Trinajstić information content (AvgIpc) is 2.48. The van der Waals surface area contributed by atoms with Crippen molar-refractivity contribution in [3.05, 3.63) is 0 Å². The highest BCUT2D eigenvalue weighted by Crippen LogP contribution is 2.18. The van der Waals surface area contributed by atoms with Crippen molar-refractivity contribution >= 4 is 12.0 Å². The van der Waals surface area contributed by atoms with Crippen LogP contribution >= 0.6 is 0 Å². The van der Waals surface area contributed by atoms with Crippen molar-refractivity contribution in [3.63, 3.8) is 0 Å². The Labute approximate surface area is 140 Å². The van der Waals surface area contributed by atoms with E-state index in [4.69, 9.17) is 4.74 Å². The predicted octanol–water partition coefficient (Wildman–Crippen LogP) is 2.14. The molecule has 0 radical (unpaired) electrons. The van der Waals surface area contributed by atoms with Crippen LogP contribution in [-0.4, -0.2) is 54.7 Å². The maximum Gasteiger partial charge on any atom is 0.407 e. The molecule has 0 aromatic heterocycles. The topological polar surface area (TPSA) is 70.7 Å². The predicted molar refractivity (Wildman–Crippen MR) is 91.3 cm³/mol. The van der Waals surface area contributed by atoms with Crippen LogP contribution in [0.25, 0.3) is 0 Å². The van der Waals surface area contributed by atoms with Crippen molar-refractivity contribution in [2.75, 3.05) is 26.2 Å². The van der Waals surface area contributed by atoms with Crippen molar-refractivity contribution in [2.24, 2.45) is 5.92 Å². The number of nitrogens with zero attached hydrogens (tertiary/aromatic N) is 1. The summed E-state index contributed by atoms with van der Waals surface area (Å²) < 4.78 is 5.24. The van der Waals surface area contributed by atoms with E-state index < -0.39 is 5.60 Å². The minimum absolute atomic E-state index is 0.0821. The first-order valence-electron chi connectivity index (χ1n) is 8.71. The Morgan fingerprint density at radius 2 is 1.83 bits per heavy atom. The number of piperidine rings is 1. The molecule has 1 atom stereocenters. The van der Waals surface area contributed by atoms with Crippen LogP contribution in [0.2, 0.25) is 0 Å². The van der Waals surface area contributed by atoms with E-state index >= 15 is 0 Å². The summed E-state index contributed by atoms with van der Waals surface area (Å²) in [6.45, 7) is 12.7. The van der Waals surface area contributed by atoms with Gasteiger partial charge in [0.25, 0.3) is 0 Å². The van der Waals surface area contributed by atoms with Gasteiger partial charge in [-0.05, 0) is 66.0 Å². The lowest BCUT2D eigenvalue weighted by atomic mass is 9.96. The molecule has 6 nitrogen and oxygen atoms in total. The smallest absolute Gasteiger partial charge is 0.407 e. The molecule has 0 spiro atoms. The molecule has 1 saturated heterocycles. The Kier molecular flexibility index (Phi) is 7.82. The molecule has 23 heavy (non-hydrogen) atoms. The summed E-state index contributed by atoms with van der Waals surface area (Å²) in [5.74, 6) is 0.557. The van der Waals surface area contributed by atoms with E-state index in [1.807, 2.05) is 34.6 Å². The fraction of sp³-hybridized carbons (Fsp3) is 0.882. The van der Waals surface area contributed by atoms with Crippen molar-refractivity contribution in [3.8, 4) is 0 Å². The highest BCUT2D eigenvalue weighted by Gasteiger charge is 2.27. The number of ether oxygens (including phenoxy) is 1. The monoisotopic (exact) mass is 327 g/mol. The number of hydrogen-bond acceptors (Lipinski definition) is 4. The van der Waals surface area contributed by atoms with Gasteiger partial charge in [0.2, 0.25) is 5.91 Å². The molecule has 6 heteroatoms. The van der Waals surface area contributed by atoms with Gasteiger partial charge in [0.1, 0.15) is 5.60 Å². The van der Waals surface area contributed by atoms with Gasteiger partial charge >= 0.3 is 6.09 Å². The zero-order valence-corrected chi connectivity index (χ0v) is 15.3. The molecule has 1 heterocycles. The standard InChI is InChI=1S/C17H33N3O3/c1-6-9-18-15(21)13(2)20-10-7-14(8-11-20)12-19-16(22)23-17(3,4)5/h13-14H,6-12H2,1-5H3,(H,18,21)(H,19,22).